The zero-order valence-electron chi connectivity index (χ0n) is 21.6. The number of methoxy groups -OCH3 is 1. The van der Waals surface area contributed by atoms with E-state index in [2.05, 4.69) is 0 Å². The second-order valence-corrected chi connectivity index (χ2v) is 10.8. The summed E-state index contributed by atoms with van der Waals surface area (Å²) in [6.07, 6.45) is -1.28. The molecular weight excluding hydrogens is 500 g/mol. The first-order valence-corrected chi connectivity index (χ1v) is 12.5. The van der Waals surface area contributed by atoms with Gasteiger partial charge >= 0.3 is 0 Å². The van der Waals surface area contributed by atoms with Crippen molar-refractivity contribution in [3.05, 3.63) is 53.1 Å². The second-order valence-electron chi connectivity index (χ2n) is 10.3. The molecule has 0 radical (unpaired) electrons. The molecule has 2 fully saturated rings. The van der Waals surface area contributed by atoms with Crippen molar-refractivity contribution in [2.24, 2.45) is 0 Å². The summed E-state index contributed by atoms with van der Waals surface area (Å²) in [6.45, 7) is 7.11. The summed E-state index contributed by atoms with van der Waals surface area (Å²) >= 11 is 6.37. The fourth-order valence-electron chi connectivity index (χ4n) is 5.71. The van der Waals surface area contributed by atoms with E-state index in [9.17, 15) is 14.7 Å². The molecule has 2 amide bonds. The molecule has 4 atom stereocenters. The number of amides is 2. The van der Waals surface area contributed by atoms with Crippen molar-refractivity contribution in [3.63, 3.8) is 0 Å². The van der Waals surface area contributed by atoms with Crippen LogP contribution in [0.5, 0.6) is 5.75 Å². The monoisotopic (exact) mass is 530 g/mol. The van der Waals surface area contributed by atoms with E-state index in [4.69, 9.17) is 30.5 Å². The van der Waals surface area contributed by atoms with Gasteiger partial charge in [0, 0.05) is 23.3 Å². The lowest BCUT2D eigenvalue weighted by atomic mass is 9.64. The fraction of sp³-hybridized carbons (Fsp3) is 0.481. The number of ether oxygens (including phenoxy) is 4. The lowest BCUT2D eigenvalue weighted by molar-refractivity contribution is -0.236. The van der Waals surface area contributed by atoms with Crippen LogP contribution in [-0.2, 0) is 29.4 Å². The number of hydrogen-bond acceptors (Lipinski definition) is 7. The molecule has 3 aliphatic rings. The smallest absolute Gasteiger partial charge is 0.267 e. The first-order valence-electron chi connectivity index (χ1n) is 12.1. The molecule has 0 saturated carbocycles. The number of carbonyl (C=O) groups is 2. The van der Waals surface area contributed by atoms with Gasteiger partial charge in [0.25, 0.3) is 11.8 Å². The largest absolute Gasteiger partial charge is 0.497 e. The average molecular weight is 531 g/mol. The predicted octanol–water partition coefficient (Wildman–Crippen LogP) is 3.24. The van der Waals surface area contributed by atoms with Gasteiger partial charge in [-0.05, 0) is 70.2 Å². The van der Waals surface area contributed by atoms with Gasteiger partial charge in [0.15, 0.2) is 5.79 Å². The second kappa shape index (κ2) is 8.68. The highest BCUT2D eigenvalue weighted by atomic mass is 35.5. The van der Waals surface area contributed by atoms with Gasteiger partial charge in [-0.2, -0.15) is 0 Å². The third-order valence-electron chi connectivity index (χ3n) is 7.24. The van der Waals surface area contributed by atoms with Crippen LogP contribution < -0.4 is 14.5 Å². The van der Waals surface area contributed by atoms with Crippen LogP contribution in [0, 0.1) is 0 Å². The Kier molecular flexibility index (Phi) is 6.08. The number of benzene rings is 2. The van der Waals surface area contributed by atoms with E-state index >= 15 is 0 Å². The van der Waals surface area contributed by atoms with Crippen LogP contribution in [0.1, 0.15) is 33.3 Å². The van der Waals surface area contributed by atoms with Crippen LogP contribution in [0.4, 0.5) is 11.4 Å². The van der Waals surface area contributed by atoms with Crippen molar-refractivity contribution < 1.29 is 33.6 Å². The van der Waals surface area contributed by atoms with E-state index in [0.29, 0.717) is 27.7 Å². The van der Waals surface area contributed by atoms with Crippen LogP contribution in [-0.4, -0.2) is 67.3 Å². The number of carbonyl (C=O) groups excluding carboxylic acids is 2. The molecular formula is C27H31ClN2O7. The minimum atomic E-state index is -2.33. The summed E-state index contributed by atoms with van der Waals surface area (Å²) in [5.41, 5.74) is -3.04. The van der Waals surface area contributed by atoms with Crippen molar-refractivity contribution in [2.45, 2.75) is 62.9 Å². The summed E-state index contributed by atoms with van der Waals surface area (Å²) in [5, 5.41) is 12.9. The number of rotatable bonds is 6. The number of likely N-dealkylation sites (N-methyl/N-ethyl adjacent to an activating group) is 1. The molecule has 37 heavy (non-hydrogen) atoms. The van der Waals surface area contributed by atoms with Crippen molar-refractivity contribution in [1.82, 2.24) is 0 Å². The highest BCUT2D eigenvalue weighted by molar-refractivity contribution is 6.31. The minimum Gasteiger partial charge on any atom is -0.497 e. The van der Waals surface area contributed by atoms with Gasteiger partial charge in [0.05, 0.1) is 25.5 Å². The number of nitrogens with zero attached hydrogens (tertiary/aromatic N) is 2. The van der Waals surface area contributed by atoms with Crippen LogP contribution in [0.15, 0.2) is 42.5 Å². The highest BCUT2D eigenvalue weighted by Gasteiger charge is 2.79. The molecule has 2 aromatic rings. The van der Waals surface area contributed by atoms with Gasteiger partial charge in [0.1, 0.15) is 17.9 Å². The molecule has 10 heteroatoms. The number of anilines is 2. The standard InChI is InChI=1S/C27H31ClN2O7/c1-15(2)36-27(19-13-16(28)7-12-20(19)29(5)24(27)32)26(33)22(21-14-35-25(3,4)37-21)30(23(26)31)17-8-10-18(34-6)11-9-17/h7-13,15,21-22,33H,14H2,1-6H3/t21-,22+,26-,27+/m1/s1. The number of fused-ring (bicyclic) bond motifs is 1. The number of hydrogen-bond donors (Lipinski definition) is 1. The third-order valence-corrected chi connectivity index (χ3v) is 7.47. The molecule has 1 N–H and O–H groups in total. The van der Waals surface area contributed by atoms with Crippen molar-refractivity contribution in [3.8, 4) is 5.75 Å². The minimum absolute atomic E-state index is 0.101. The maximum atomic E-state index is 14.2. The van der Waals surface area contributed by atoms with Crippen molar-refractivity contribution in [1.29, 1.82) is 0 Å². The summed E-state index contributed by atoms with van der Waals surface area (Å²) in [4.78, 5) is 31.1. The van der Waals surface area contributed by atoms with Crippen molar-refractivity contribution >= 4 is 34.8 Å². The Morgan fingerprint density at radius 1 is 1.11 bits per heavy atom. The van der Waals surface area contributed by atoms with Gasteiger partial charge in [-0.25, -0.2) is 0 Å². The normalized spacial score (nSPS) is 30.6. The molecule has 0 aliphatic carbocycles. The van der Waals surface area contributed by atoms with E-state index in [1.165, 1.54) is 9.80 Å². The van der Waals surface area contributed by atoms with E-state index in [0.717, 1.165) is 0 Å². The maximum absolute atomic E-state index is 14.2. The van der Waals surface area contributed by atoms with Gasteiger partial charge in [-0.1, -0.05) is 11.6 Å². The topological polar surface area (TPSA) is 97.8 Å². The number of β-lactam (4-membered cyclic amide) rings is 1. The average Bonchev–Trinajstić information content (AvgIpc) is 3.31. The van der Waals surface area contributed by atoms with Crippen LogP contribution in [0.25, 0.3) is 0 Å². The lowest BCUT2D eigenvalue weighted by Crippen LogP contribution is -2.86. The summed E-state index contributed by atoms with van der Waals surface area (Å²) in [5.74, 6) is -1.58. The molecule has 3 aliphatic heterocycles. The molecule has 0 spiro atoms. The molecule has 2 aromatic carbocycles. The van der Waals surface area contributed by atoms with E-state index in [1.54, 1.807) is 84.3 Å². The van der Waals surface area contributed by atoms with Crippen LogP contribution >= 0.6 is 11.6 Å². The molecule has 3 heterocycles. The Bertz CT molecular complexity index is 1250. The predicted molar refractivity (Wildman–Crippen MR) is 137 cm³/mol. The van der Waals surface area contributed by atoms with Crippen LogP contribution in [0.2, 0.25) is 5.02 Å². The third kappa shape index (κ3) is 3.59. The summed E-state index contributed by atoms with van der Waals surface area (Å²) < 4.78 is 23.6. The van der Waals surface area contributed by atoms with E-state index in [1.807, 2.05) is 0 Å². The zero-order chi connectivity index (χ0) is 26.9. The van der Waals surface area contributed by atoms with Gasteiger partial charge < -0.3 is 33.9 Å². The van der Waals surface area contributed by atoms with Gasteiger partial charge in [-0.15, -0.1) is 0 Å². The Morgan fingerprint density at radius 2 is 1.78 bits per heavy atom. The van der Waals surface area contributed by atoms with Gasteiger partial charge in [-0.3, -0.25) is 9.59 Å². The molecule has 0 aromatic heterocycles. The Morgan fingerprint density at radius 3 is 2.35 bits per heavy atom. The Labute approximate surface area is 220 Å². The first-order chi connectivity index (χ1) is 17.4. The quantitative estimate of drug-likeness (QED) is 0.572. The molecule has 2 saturated heterocycles. The molecule has 0 unspecified atom stereocenters. The summed E-state index contributed by atoms with van der Waals surface area (Å²) in [7, 11) is 3.14. The lowest BCUT2D eigenvalue weighted by Gasteiger charge is -2.59. The van der Waals surface area contributed by atoms with E-state index in [-0.39, 0.29) is 6.61 Å². The Hall–Kier alpha value is -2.69. The fourth-order valence-corrected chi connectivity index (χ4v) is 5.88. The molecule has 198 valence electrons. The van der Waals surface area contributed by atoms with Gasteiger partial charge in [0.2, 0.25) is 11.2 Å². The highest BCUT2D eigenvalue weighted by Crippen LogP contribution is 2.57. The number of aliphatic hydroxyl groups is 1. The Balaban J connectivity index is 1.72. The molecule has 0 bridgehead atoms. The SMILES string of the molecule is COc1ccc(N2C(=O)[C@@](O)([C@@]3(OC(C)C)C(=O)N(C)c4ccc(Cl)cc43)[C@@H]2[C@H]2COC(C)(C)O2)cc1. The number of halogens is 1. The van der Waals surface area contributed by atoms with Crippen molar-refractivity contribution in [2.75, 3.05) is 30.6 Å². The first kappa shape index (κ1) is 25.9. The summed E-state index contributed by atoms with van der Waals surface area (Å²) in [6, 6.07) is 10.8. The van der Waals surface area contributed by atoms with Crippen LogP contribution in [0.3, 0.4) is 0 Å². The molecule has 5 rings (SSSR count). The zero-order valence-corrected chi connectivity index (χ0v) is 22.4. The molecule has 9 nitrogen and oxygen atoms in total. The maximum Gasteiger partial charge on any atom is 0.267 e. The van der Waals surface area contributed by atoms with E-state index < -0.39 is 47.1 Å².